The molecule has 0 aliphatic heterocycles. The predicted molar refractivity (Wildman–Crippen MR) is 81.2 cm³/mol. The van der Waals surface area contributed by atoms with Crippen LogP contribution in [0.15, 0.2) is 30.5 Å². The highest BCUT2D eigenvalue weighted by atomic mass is 14.9. The number of nitrogens with two attached hydrogens (primary N) is 1. The van der Waals surface area contributed by atoms with Crippen LogP contribution in [0.25, 0.3) is 10.9 Å². The lowest BCUT2D eigenvalue weighted by Crippen LogP contribution is -2.13. The fourth-order valence-electron chi connectivity index (χ4n) is 3.11. The minimum atomic E-state index is 0.741. The number of fused-ring (bicyclic) bond motifs is 1. The summed E-state index contributed by atoms with van der Waals surface area (Å²) in [6, 6.07) is 8.15. The minimum absolute atomic E-state index is 0.741. The number of anilines is 2. The lowest BCUT2D eigenvalue weighted by Gasteiger charge is -2.15. The summed E-state index contributed by atoms with van der Waals surface area (Å²) in [4.78, 5) is 4.37. The third-order valence-electron chi connectivity index (χ3n) is 4.18. The molecule has 0 spiro atoms. The summed E-state index contributed by atoms with van der Waals surface area (Å²) >= 11 is 0. The zero-order valence-corrected chi connectivity index (χ0v) is 11.4. The van der Waals surface area contributed by atoms with E-state index in [2.05, 4.69) is 23.3 Å². The number of nitrogens with one attached hydrogen (secondary N) is 1. The van der Waals surface area contributed by atoms with Crippen LogP contribution in [0.1, 0.15) is 26.2 Å². The Labute approximate surface area is 114 Å². The maximum Gasteiger partial charge on any atom is 0.0743 e. The van der Waals surface area contributed by atoms with Crippen LogP contribution in [0.5, 0.6) is 0 Å². The standard InChI is InChI=1S/C16H21N3/c1-11-6-7-12(8-11)9-19-16-13-4-2-3-5-15(13)18-10-14(16)17/h2-5,10-12H,6-9,17H2,1H3,(H,18,19). The third-order valence-corrected chi connectivity index (χ3v) is 4.18. The highest BCUT2D eigenvalue weighted by Gasteiger charge is 2.21. The second kappa shape index (κ2) is 5.08. The van der Waals surface area contributed by atoms with E-state index >= 15 is 0 Å². The van der Waals surface area contributed by atoms with Crippen molar-refractivity contribution < 1.29 is 0 Å². The smallest absolute Gasteiger partial charge is 0.0743 e. The van der Waals surface area contributed by atoms with Gasteiger partial charge in [0.25, 0.3) is 0 Å². The van der Waals surface area contributed by atoms with Crippen molar-refractivity contribution in [2.75, 3.05) is 17.6 Å². The van der Waals surface area contributed by atoms with Gasteiger partial charge in [-0.2, -0.15) is 0 Å². The van der Waals surface area contributed by atoms with Crippen LogP contribution in [-0.4, -0.2) is 11.5 Å². The first kappa shape index (κ1) is 12.3. The first-order valence-corrected chi connectivity index (χ1v) is 7.11. The Hall–Kier alpha value is -1.77. The maximum absolute atomic E-state index is 6.07. The molecule has 0 saturated heterocycles. The average molecular weight is 255 g/mol. The van der Waals surface area contributed by atoms with Gasteiger partial charge in [-0.3, -0.25) is 4.98 Å². The number of para-hydroxylation sites is 1. The van der Waals surface area contributed by atoms with Gasteiger partial charge in [0.15, 0.2) is 0 Å². The summed E-state index contributed by atoms with van der Waals surface area (Å²) in [5, 5.41) is 4.67. The maximum atomic E-state index is 6.07. The Morgan fingerprint density at radius 1 is 1.32 bits per heavy atom. The fraction of sp³-hybridized carbons (Fsp3) is 0.438. The average Bonchev–Trinajstić information content (AvgIpc) is 2.83. The van der Waals surface area contributed by atoms with Crippen LogP contribution in [0.4, 0.5) is 11.4 Å². The number of aromatic nitrogens is 1. The number of hydrogen-bond acceptors (Lipinski definition) is 3. The second-order valence-electron chi connectivity index (χ2n) is 5.77. The molecule has 0 bridgehead atoms. The largest absolute Gasteiger partial charge is 0.396 e. The Bertz CT molecular complexity index is 579. The molecule has 1 fully saturated rings. The van der Waals surface area contributed by atoms with Crippen LogP contribution in [0, 0.1) is 11.8 Å². The Balaban J connectivity index is 1.82. The number of benzene rings is 1. The molecule has 0 radical (unpaired) electrons. The summed E-state index contributed by atoms with van der Waals surface area (Å²) in [6.45, 7) is 3.36. The van der Waals surface area contributed by atoms with Gasteiger partial charge in [0, 0.05) is 11.9 Å². The van der Waals surface area contributed by atoms with Gasteiger partial charge < -0.3 is 11.1 Å². The molecule has 19 heavy (non-hydrogen) atoms. The second-order valence-corrected chi connectivity index (χ2v) is 5.77. The number of rotatable bonds is 3. The molecule has 2 atom stereocenters. The lowest BCUT2D eigenvalue weighted by atomic mass is 10.1. The van der Waals surface area contributed by atoms with E-state index in [9.17, 15) is 0 Å². The molecule has 1 heterocycles. The molecule has 3 heteroatoms. The van der Waals surface area contributed by atoms with Gasteiger partial charge in [-0.1, -0.05) is 31.5 Å². The van der Waals surface area contributed by atoms with Crippen LogP contribution in [-0.2, 0) is 0 Å². The Morgan fingerprint density at radius 3 is 2.95 bits per heavy atom. The molecule has 2 unspecified atom stereocenters. The van der Waals surface area contributed by atoms with Crippen molar-refractivity contribution in [1.82, 2.24) is 4.98 Å². The monoisotopic (exact) mass is 255 g/mol. The van der Waals surface area contributed by atoms with E-state index in [1.807, 2.05) is 18.2 Å². The first-order valence-electron chi connectivity index (χ1n) is 7.11. The van der Waals surface area contributed by atoms with Crippen molar-refractivity contribution >= 4 is 22.3 Å². The molecule has 0 amide bonds. The predicted octanol–water partition coefficient (Wildman–Crippen LogP) is 3.67. The van der Waals surface area contributed by atoms with Gasteiger partial charge in [-0.25, -0.2) is 0 Å². The zero-order valence-electron chi connectivity index (χ0n) is 11.4. The molecular weight excluding hydrogens is 234 g/mol. The molecule has 3 rings (SSSR count). The van der Waals surface area contributed by atoms with Gasteiger partial charge >= 0.3 is 0 Å². The minimum Gasteiger partial charge on any atom is -0.396 e. The molecule has 1 aromatic carbocycles. The van der Waals surface area contributed by atoms with Crippen molar-refractivity contribution in [3.63, 3.8) is 0 Å². The van der Waals surface area contributed by atoms with Gasteiger partial charge in [0.1, 0.15) is 0 Å². The zero-order chi connectivity index (χ0) is 13.2. The van der Waals surface area contributed by atoms with E-state index in [4.69, 9.17) is 5.73 Å². The molecule has 3 nitrogen and oxygen atoms in total. The van der Waals surface area contributed by atoms with E-state index in [1.165, 1.54) is 19.3 Å². The molecule has 3 N–H and O–H groups in total. The SMILES string of the molecule is CC1CCC(CNc2c(N)cnc3ccccc23)C1. The van der Waals surface area contributed by atoms with Crippen LogP contribution >= 0.6 is 0 Å². The molecular formula is C16H21N3. The normalized spacial score (nSPS) is 22.8. The first-order chi connectivity index (χ1) is 9.24. The summed E-state index contributed by atoms with van der Waals surface area (Å²) in [6.07, 6.45) is 5.77. The van der Waals surface area contributed by atoms with Crippen LogP contribution < -0.4 is 11.1 Å². The molecule has 2 aromatic rings. The number of nitrogens with zero attached hydrogens (tertiary/aromatic N) is 1. The van der Waals surface area contributed by atoms with Gasteiger partial charge in [0.05, 0.1) is 23.1 Å². The Morgan fingerprint density at radius 2 is 2.16 bits per heavy atom. The van der Waals surface area contributed by atoms with E-state index in [0.717, 1.165) is 40.7 Å². The van der Waals surface area contributed by atoms with Crippen molar-refractivity contribution in [3.05, 3.63) is 30.5 Å². The van der Waals surface area contributed by atoms with Crippen molar-refractivity contribution in [2.45, 2.75) is 26.2 Å². The third kappa shape index (κ3) is 2.50. The number of pyridine rings is 1. The molecule has 1 aliphatic rings. The van der Waals surface area contributed by atoms with E-state index in [0.29, 0.717) is 0 Å². The van der Waals surface area contributed by atoms with Gasteiger partial charge in [0.2, 0.25) is 0 Å². The highest BCUT2D eigenvalue weighted by molar-refractivity contribution is 5.96. The lowest BCUT2D eigenvalue weighted by molar-refractivity contribution is 0.537. The molecule has 100 valence electrons. The van der Waals surface area contributed by atoms with E-state index < -0.39 is 0 Å². The van der Waals surface area contributed by atoms with Crippen molar-refractivity contribution in [3.8, 4) is 0 Å². The van der Waals surface area contributed by atoms with Crippen LogP contribution in [0.2, 0.25) is 0 Å². The van der Waals surface area contributed by atoms with E-state index in [-0.39, 0.29) is 0 Å². The Kier molecular flexibility index (Phi) is 3.28. The topological polar surface area (TPSA) is 50.9 Å². The summed E-state index contributed by atoms with van der Waals surface area (Å²) < 4.78 is 0. The highest BCUT2D eigenvalue weighted by Crippen LogP contribution is 2.32. The molecule has 1 aromatic heterocycles. The van der Waals surface area contributed by atoms with E-state index in [1.54, 1.807) is 6.20 Å². The molecule has 1 aliphatic carbocycles. The van der Waals surface area contributed by atoms with Crippen molar-refractivity contribution in [2.24, 2.45) is 11.8 Å². The van der Waals surface area contributed by atoms with Gasteiger partial charge in [-0.05, 0) is 30.7 Å². The van der Waals surface area contributed by atoms with Crippen molar-refractivity contribution in [1.29, 1.82) is 0 Å². The number of nitrogen functional groups attached to an aromatic ring is 1. The number of hydrogen-bond donors (Lipinski definition) is 2. The quantitative estimate of drug-likeness (QED) is 0.880. The summed E-state index contributed by atoms with van der Waals surface area (Å²) in [5.41, 5.74) is 8.86. The van der Waals surface area contributed by atoms with Crippen LogP contribution in [0.3, 0.4) is 0 Å². The fourth-order valence-corrected chi connectivity index (χ4v) is 3.11. The molecule has 1 saturated carbocycles. The van der Waals surface area contributed by atoms with Gasteiger partial charge in [-0.15, -0.1) is 0 Å². The summed E-state index contributed by atoms with van der Waals surface area (Å²) in [5.74, 6) is 1.65. The summed E-state index contributed by atoms with van der Waals surface area (Å²) in [7, 11) is 0.